The lowest BCUT2D eigenvalue weighted by atomic mass is 10.2. The van der Waals surface area contributed by atoms with Crippen molar-refractivity contribution < 1.29 is 18.9 Å². The Bertz CT molecular complexity index is 937. The summed E-state index contributed by atoms with van der Waals surface area (Å²) in [5, 5.41) is 6.55. The molecule has 0 saturated carbocycles. The van der Waals surface area contributed by atoms with Crippen LogP contribution < -0.4 is 29.6 Å². The Morgan fingerprint density at radius 1 is 0.657 bits per heavy atom. The first-order chi connectivity index (χ1) is 16.3. The van der Waals surface area contributed by atoms with Crippen LogP contribution in [0.15, 0.2) is 46.4 Å². The van der Waals surface area contributed by atoms with Gasteiger partial charge in [-0.15, -0.1) is 24.8 Å². The number of nitrogens with one attached hydrogen (secondary N) is 2. The number of benzene rings is 2. The van der Waals surface area contributed by atoms with Crippen molar-refractivity contribution in [3.63, 3.8) is 0 Å². The van der Waals surface area contributed by atoms with Gasteiger partial charge >= 0.3 is 0 Å². The zero-order chi connectivity index (χ0) is 22.9. The highest BCUT2D eigenvalue weighted by molar-refractivity contribution is 6.00. The fourth-order valence-corrected chi connectivity index (χ4v) is 3.80. The monoisotopic (exact) mass is 524 g/mol. The van der Waals surface area contributed by atoms with Gasteiger partial charge in [-0.1, -0.05) is 0 Å². The molecule has 0 aromatic heterocycles. The molecular weight excluding hydrogens is 491 g/mol. The normalized spacial score (nSPS) is 13.9. The molecule has 2 N–H and O–H groups in total. The molecule has 0 radical (unpaired) electrons. The molecular formula is C25H34Cl2N4O4. The molecule has 0 saturated heterocycles. The minimum Gasteiger partial charge on any atom is -0.493 e. The van der Waals surface area contributed by atoms with E-state index in [1.165, 1.54) is 0 Å². The number of unbranched alkanes of at least 4 members (excludes halogenated alkanes) is 2. The molecule has 0 unspecified atom stereocenters. The highest BCUT2D eigenvalue weighted by atomic mass is 35.5. The van der Waals surface area contributed by atoms with Crippen LogP contribution in [0.25, 0.3) is 0 Å². The number of hydrogen-bond acceptors (Lipinski definition) is 8. The van der Waals surface area contributed by atoms with Gasteiger partial charge in [0.05, 0.1) is 40.5 Å². The maximum Gasteiger partial charge on any atom is 0.161 e. The van der Waals surface area contributed by atoms with Crippen molar-refractivity contribution in [2.45, 2.75) is 19.3 Å². The van der Waals surface area contributed by atoms with E-state index >= 15 is 0 Å². The number of amidine groups is 2. The number of halogens is 2. The molecule has 192 valence electrons. The summed E-state index contributed by atoms with van der Waals surface area (Å²) in [4.78, 5) is 8.90. The first-order valence-corrected chi connectivity index (χ1v) is 11.5. The molecule has 0 fully saturated rings. The van der Waals surface area contributed by atoms with Crippen molar-refractivity contribution in [2.75, 3.05) is 53.6 Å². The first-order valence-electron chi connectivity index (χ1n) is 11.5. The fourth-order valence-electron chi connectivity index (χ4n) is 3.80. The van der Waals surface area contributed by atoms with E-state index in [1.807, 2.05) is 36.4 Å². The second-order valence-electron chi connectivity index (χ2n) is 7.80. The summed E-state index contributed by atoms with van der Waals surface area (Å²) < 4.78 is 22.9. The highest BCUT2D eigenvalue weighted by Crippen LogP contribution is 2.30. The van der Waals surface area contributed by atoms with Gasteiger partial charge in [0, 0.05) is 24.2 Å². The average molecular weight is 525 g/mol. The molecule has 0 aliphatic carbocycles. The Morgan fingerprint density at radius 3 is 1.49 bits per heavy atom. The molecule has 0 amide bonds. The minimum atomic E-state index is 0. The van der Waals surface area contributed by atoms with E-state index in [-0.39, 0.29) is 24.8 Å². The third-order valence-corrected chi connectivity index (χ3v) is 5.53. The molecule has 2 aromatic rings. The van der Waals surface area contributed by atoms with E-state index < -0.39 is 0 Å². The van der Waals surface area contributed by atoms with E-state index in [1.54, 1.807) is 14.2 Å². The molecule has 2 aliphatic heterocycles. The predicted molar refractivity (Wildman–Crippen MR) is 144 cm³/mol. The van der Waals surface area contributed by atoms with Gasteiger partial charge in [-0.05, 0) is 55.7 Å². The minimum absolute atomic E-state index is 0. The van der Waals surface area contributed by atoms with Crippen LogP contribution in [0.3, 0.4) is 0 Å². The summed E-state index contributed by atoms with van der Waals surface area (Å²) in [7, 11) is 3.32. The van der Waals surface area contributed by atoms with E-state index in [4.69, 9.17) is 18.9 Å². The molecule has 0 bridgehead atoms. The molecule has 0 atom stereocenters. The Morgan fingerprint density at radius 2 is 1.11 bits per heavy atom. The van der Waals surface area contributed by atoms with Gasteiger partial charge in [0.1, 0.15) is 11.7 Å². The smallest absolute Gasteiger partial charge is 0.161 e. The number of nitrogens with zero attached hydrogens (tertiary/aromatic N) is 2. The Hall–Kier alpha value is -2.84. The van der Waals surface area contributed by atoms with Crippen LogP contribution in [0, 0.1) is 0 Å². The van der Waals surface area contributed by atoms with Crippen molar-refractivity contribution in [1.29, 1.82) is 0 Å². The standard InChI is InChI=1S/C25H32N4O4.2ClH/c1-30-22-16-18(24-26-10-11-27-24)6-8-20(22)32-14-4-3-5-15-33-21-9-7-19(17-23(21)31-2)25-28-12-13-29-25;;/h6-9,16-17H,3-5,10-15H2,1-2H3,(H,26,27)(H,28,29);2*1H. The van der Waals surface area contributed by atoms with Gasteiger partial charge in [0.15, 0.2) is 23.0 Å². The van der Waals surface area contributed by atoms with Crippen molar-refractivity contribution in [2.24, 2.45) is 9.98 Å². The van der Waals surface area contributed by atoms with Gasteiger partial charge in [-0.3, -0.25) is 9.98 Å². The van der Waals surface area contributed by atoms with Crippen LogP contribution in [-0.4, -0.2) is 65.3 Å². The molecule has 35 heavy (non-hydrogen) atoms. The number of methoxy groups -OCH3 is 2. The van der Waals surface area contributed by atoms with Crippen LogP contribution >= 0.6 is 24.8 Å². The van der Waals surface area contributed by atoms with Crippen LogP contribution in [-0.2, 0) is 0 Å². The second kappa shape index (κ2) is 14.5. The lowest BCUT2D eigenvalue weighted by Crippen LogP contribution is -2.19. The van der Waals surface area contributed by atoms with Gasteiger partial charge in [0.2, 0.25) is 0 Å². The Balaban J connectivity index is 0.00000216. The summed E-state index contributed by atoms with van der Waals surface area (Å²) >= 11 is 0. The van der Waals surface area contributed by atoms with Gasteiger partial charge in [-0.25, -0.2) is 0 Å². The Labute approximate surface area is 219 Å². The first kappa shape index (κ1) is 28.4. The third-order valence-electron chi connectivity index (χ3n) is 5.53. The molecule has 2 heterocycles. The highest BCUT2D eigenvalue weighted by Gasteiger charge is 2.13. The largest absolute Gasteiger partial charge is 0.493 e. The molecule has 8 nitrogen and oxygen atoms in total. The van der Waals surface area contributed by atoms with E-state index in [0.717, 1.165) is 91.2 Å². The average Bonchev–Trinajstić information content (AvgIpc) is 3.58. The molecule has 2 aromatic carbocycles. The third kappa shape index (κ3) is 7.57. The molecule has 2 aliphatic rings. The van der Waals surface area contributed by atoms with Crippen molar-refractivity contribution >= 4 is 36.5 Å². The Kier molecular flexibility index (Phi) is 11.8. The molecule has 10 heteroatoms. The van der Waals surface area contributed by atoms with Gasteiger partial charge in [-0.2, -0.15) is 0 Å². The number of ether oxygens (including phenoxy) is 4. The zero-order valence-corrected chi connectivity index (χ0v) is 21.8. The van der Waals surface area contributed by atoms with Gasteiger partial charge < -0.3 is 29.6 Å². The lowest BCUT2D eigenvalue weighted by Gasteiger charge is -2.13. The van der Waals surface area contributed by atoms with Crippen LogP contribution in [0.2, 0.25) is 0 Å². The van der Waals surface area contributed by atoms with Crippen LogP contribution in [0.1, 0.15) is 30.4 Å². The molecule has 0 spiro atoms. The van der Waals surface area contributed by atoms with Crippen molar-refractivity contribution in [3.05, 3.63) is 47.5 Å². The summed E-state index contributed by atoms with van der Waals surface area (Å²) in [5.41, 5.74) is 2.04. The van der Waals surface area contributed by atoms with Crippen LogP contribution in [0.4, 0.5) is 0 Å². The second-order valence-corrected chi connectivity index (χ2v) is 7.80. The van der Waals surface area contributed by atoms with E-state index in [0.29, 0.717) is 13.2 Å². The van der Waals surface area contributed by atoms with Crippen molar-refractivity contribution in [1.82, 2.24) is 10.6 Å². The topological polar surface area (TPSA) is 85.7 Å². The predicted octanol–water partition coefficient (Wildman–Crippen LogP) is 3.88. The lowest BCUT2D eigenvalue weighted by molar-refractivity contribution is 0.264. The summed E-state index contributed by atoms with van der Waals surface area (Å²) in [6, 6.07) is 11.8. The maximum atomic E-state index is 5.95. The maximum absolute atomic E-state index is 5.95. The zero-order valence-electron chi connectivity index (χ0n) is 20.2. The fraction of sp³-hybridized carbons (Fsp3) is 0.440. The summed E-state index contributed by atoms with van der Waals surface area (Å²) in [5.74, 6) is 4.78. The number of rotatable bonds is 12. The van der Waals surface area contributed by atoms with Crippen LogP contribution in [0.5, 0.6) is 23.0 Å². The van der Waals surface area contributed by atoms with Crippen molar-refractivity contribution in [3.8, 4) is 23.0 Å². The molecule has 4 rings (SSSR count). The van der Waals surface area contributed by atoms with E-state index in [9.17, 15) is 0 Å². The summed E-state index contributed by atoms with van der Waals surface area (Å²) in [6.45, 7) is 4.63. The van der Waals surface area contributed by atoms with E-state index in [2.05, 4.69) is 20.6 Å². The van der Waals surface area contributed by atoms with Gasteiger partial charge in [0.25, 0.3) is 0 Å². The SMILES string of the molecule is COc1cc(C2=NCCN2)ccc1OCCCCCOc1ccc(C2=NCCN2)cc1OC.Cl.Cl. The number of hydrogen-bond donors (Lipinski definition) is 2. The summed E-state index contributed by atoms with van der Waals surface area (Å²) in [6.07, 6.45) is 2.87. The number of aliphatic imine (C=N–C) groups is 2. The quantitative estimate of drug-likeness (QED) is 0.410.